The molecule has 0 unspecified atom stereocenters. The summed E-state index contributed by atoms with van der Waals surface area (Å²) in [5.41, 5.74) is 1.59. The Morgan fingerprint density at radius 3 is 2.71 bits per heavy atom. The molecular weight excluding hydrogens is 302 g/mol. The number of ether oxygens (including phenoxy) is 1. The lowest BCUT2D eigenvalue weighted by atomic mass is 9.77. The van der Waals surface area contributed by atoms with Crippen molar-refractivity contribution in [3.63, 3.8) is 0 Å². The third-order valence-electron chi connectivity index (χ3n) is 5.84. The molecule has 5 nitrogen and oxygen atoms in total. The van der Waals surface area contributed by atoms with Crippen LogP contribution in [0.5, 0.6) is 0 Å². The van der Waals surface area contributed by atoms with Crippen molar-refractivity contribution in [3.8, 4) is 0 Å². The molecule has 1 aromatic heterocycles. The van der Waals surface area contributed by atoms with Crippen LogP contribution in [0.1, 0.15) is 37.4 Å². The van der Waals surface area contributed by atoms with E-state index in [0.717, 1.165) is 38.9 Å². The van der Waals surface area contributed by atoms with E-state index in [0.29, 0.717) is 6.61 Å². The number of aliphatic hydroxyl groups is 1. The molecule has 0 bridgehead atoms. The monoisotopic (exact) mass is 333 g/mol. The fraction of sp³-hybridized carbons (Fsp3) is 0.737. The molecule has 0 aliphatic carbocycles. The summed E-state index contributed by atoms with van der Waals surface area (Å²) in [6.45, 7) is 7.41. The summed E-state index contributed by atoms with van der Waals surface area (Å²) in [5.74, 6) is 0. The Labute approximate surface area is 145 Å². The normalized spacial score (nSPS) is 30.8. The van der Waals surface area contributed by atoms with Crippen LogP contribution < -0.4 is 0 Å². The Kier molecular flexibility index (Phi) is 4.98. The summed E-state index contributed by atoms with van der Waals surface area (Å²) >= 11 is 0. The predicted molar refractivity (Wildman–Crippen MR) is 94.9 cm³/mol. The van der Waals surface area contributed by atoms with Gasteiger partial charge >= 0.3 is 0 Å². The summed E-state index contributed by atoms with van der Waals surface area (Å²) in [6.07, 6.45) is 4.84. The predicted octanol–water partition coefficient (Wildman–Crippen LogP) is 1.83. The van der Waals surface area contributed by atoms with Gasteiger partial charge in [0.2, 0.25) is 0 Å². The second-order valence-corrected chi connectivity index (χ2v) is 8.06. The van der Waals surface area contributed by atoms with E-state index in [1.807, 2.05) is 19.2 Å². The molecule has 2 saturated heterocycles. The van der Waals surface area contributed by atoms with E-state index in [-0.39, 0.29) is 11.6 Å². The van der Waals surface area contributed by atoms with Crippen LogP contribution in [0.4, 0.5) is 0 Å². The van der Waals surface area contributed by atoms with Gasteiger partial charge in [0.1, 0.15) is 5.60 Å². The van der Waals surface area contributed by atoms with Gasteiger partial charge < -0.3 is 14.7 Å². The number of aryl methyl sites for hydroxylation is 1. The van der Waals surface area contributed by atoms with Crippen molar-refractivity contribution >= 4 is 0 Å². The maximum absolute atomic E-state index is 10.6. The molecule has 24 heavy (non-hydrogen) atoms. The SMILES string of the molecule is Cc1cccnc1CN1CCC2(CC1)C[C@H](N(C)C)[C@@](C)(O)CO2. The number of likely N-dealkylation sites (N-methyl/N-ethyl adjacent to an activating group) is 1. The number of pyridine rings is 1. The van der Waals surface area contributed by atoms with Gasteiger partial charge in [0, 0.05) is 31.9 Å². The van der Waals surface area contributed by atoms with E-state index in [4.69, 9.17) is 4.74 Å². The van der Waals surface area contributed by atoms with Gasteiger partial charge in [-0.15, -0.1) is 0 Å². The Hall–Kier alpha value is -1.01. The zero-order valence-corrected chi connectivity index (χ0v) is 15.5. The topological polar surface area (TPSA) is 48.8 Å². The molecule has 1 N–H and O–H groups in total. The Balaban J connectivity index is 1.61. The van der Waals surface area contributed by atoms with Crippen LogP contribution in [0, 0.1) is 6.92 Å². The number of nitrogens with zero attached hydrogens (tertiary/aromatic N) is 3. The van der Waals surface area contributed by atoms with Crippen LogP contribution in [0.25, 0.3) is 0 Å². The third kappa shape index (κ3) is 3.64. The average Bonchev–Trinajstić information content (AvgIpc) is 2.54. The van der Waals surface area contributed by atoms with Crippen molar-refractivity contribution in [2.24, 2.45) is 0 Å². The Morgan fingerprint density at radius 1 is 1.38 bits per heavy atom. The smallest absolute Gasteiger partial charge is 0.101 e. The van der Waals surface area contributed by atoms with Gasteiger partial charge in [-0.05, 0) is 58.8 Å². The van der Waals surface area contributed by atoms with Crippen molar-refractivity contribution < 1.29 is 9.84 Å². The molecule has 1 aromatic rings. The van der Waals surface area contributed by atoms with Crippen LogP contribution in [0.3, 0.4) is 0 Å². The summed E-state index contributed by atoms with van der Waals surface area (Å²) in [6, 6.07) is 4.27. The molecule has 2 aliphatic rings. The van der Waals surface area contributed by atoms with Crippen LogP contribution in [0.2, 0.25) is 0 Å². The molecule has 2 aliphatic heterocycles. The Morgan fingerprint density at radius 2 is 2.08 bits per heavy atom. The first-order valence-corrected chi connectivity index (χ1v) is 8.97. The highest BCUT2D eigenvalue weighted by molar-refractivity contribution is 5.17. The van der Waals surface area contributed by atoms with Gasteiger partial charge in [-0.3, -0.25) is 9.88 Å². The molecule has 3 rings (SSSR count). The quantitative estimate of drug-likeness (QED) is 0.914. The van der Waals surface area contributed by atoms with Crippen molar-refractivity contribution in [2.45, 2.75) is 56.9 Å². The zero-order chi connectivity index (χ0) is 17.4. The number of rotatable bonds is 3. The van der Waals surface area contributed by atoms with Crippen molar-refractivity contribution in [2.75, 3.05) is 33.8 Å². The minimum absolute atomic E-state index is 0.0765. The molecule has 0 radical (unpaired) electrons. The first kappa shape index (κ1) is 17.8. The van der Waals surface area contributed by atoms with E-state index in [9.17, 15) is 5.11 Å². The summed E-state index contributed by atoms with van der Waals surface area (Å²) < 4.78 is 6.21. The largest absolute Gasteiger partial charge is 0.386 e. The number of piperidine rings is 1. The lowest BCUT2D eigenvalue weighted by Crippen LogP contribution is -2.62. The number of hydrogen-bond acceptors (Lipinski definition) is 5. The molecule has 2 fully saturated rings. The summed E-state index contributed by atoms with van der Waals surface area (Å²) in [7, 11) is 4.11. The van der Waals surface area contributed by atoms with E-state index in [1.54, 1.807) is 0 Å². The third-order valence-corrected chi connectivity index (χ3v) is 5.84. The molecular formula is C19H31N3O2. The van der Waals surface area contributed by atoms with E-state index >= 15 is 0 Å². The minimum atomic E-state index is -0.767. The molecule has 134 valence electrons. The minimum Gasteiger partial charge on any atom is -0.386 e. The second kappa shape index (κ2) is 6.71. The van der Waals surface area contributed by atoms with Crippen LogP contribution in [0.15, 0.2) is 18.3 Å². The van der Waals surface area contributed by atoms with Crippen LogP contribution >= 0.6 is 0 Å². The van der Waals surface area contributed by atoms with Crippen molar-refractivity contribution in [1.29, 1.82) is 0 Å². The van der Waals surface area contributed by atoms with E-state index in [2.05, 4.69) is 41.9 Å². The number of hydrogen-bond donors (Lipinski definition) is 1. The van der Waals surface area contributed by atoms with E-state index < -0.39 is 5.60 Å². The first-order chi connectivity index (χ1) is 11.3. The van der Waals surface area contributed by atoms with Crippen molar-refractivity contribution in [1.82, 2.24) is 14.8 Å². The van der Waals surface area contributed by atoms with Gasteiger partial charge in [0.15, 0.2) is 0 Å². The standard InChI is InChI=1S/C19H31N3O2/c1-15-6-5-9-20-16(15)13-22-10-7-19(8-11-22)12-17(21(3)4)18(2,23)14-24-19/h5-6,9,17,23H,7-8,10-14H2,1-4H3/t17-,18-/m0/s1. The van der Waals surface area contributed by atoms with Gasteiger partial charge in [-0.25, -0.2) is 0 Å². The average molecular weight is 333 g/mol. The summed E-state index contributed by atoms with van der Waals surface area (Å²) in [4.78, 5) is 9.14. The highest BCUT2D eigenvalue weighted by atomic mass is 16.5. The lowest BCUT2D eigenvalue weighted by molar-refractivity contribution is -0.207. The fourth-order valence-electron chi connectivity index (χ4n) is 4.13. The molecule has 5 heteroatoms. The van der Waals surface area contributed by atoms with Gasteiger partial charge in [-0.1, -0.05) is 6.07 Å². The highest BCUT2D eigenvalue weighted by Crippen LogP contribution is 2.39. The lowest BCUT2D eigenvalue weighted by Gasteiger charge is -2.52. The second-order valence-electron chi connectivity index (χ2n) is 8.06. The number of aromatic nitrogens is 1. The van der Waals surface area contributed by atoms with E-state index in [1.165, 1.54) is 11.3 Å². The Bertz CT molecular complexity index is 565. The molecule has 0 saturated carbocycles. The molecule has 3 heterocycles. The zero-order valence-electron chi connectivity index (χ0n) is 15.5. The first-order valence-electron chi connectivity index (χ1n) is 8.97. The van der Waals surface area contributed by atoms with Gasteiger partial charge in [-0.2, -0.15) is 0 Å². The fourth-order valence-corrected chi connectivity index (χ4v) is 4.13. The molecule has 1 spiro atoms. The maximum Gasteiger partial charge on any atom is 0.101 e. The molecule has 2 atom stereocenters. The van der Waals surface area contributed by atoms with Crippen LogP contribution in [-0.4, -0.2) is 70.9 Å². The van der Waals surface area contributed by atoms with Gasteiger partial charge in [0.05, 0.1) is 17.9 Å². The van der Waals surface area contributed by atoms with Crippen LogP contribution in [-0.2, 0) is 11.3 Å². The maximum atomic E-state index is 10.6. The summed E-state index contributed by atoms with van der Waals surface area (Å²) in [5, 5.41) is 10.6. The molecule has 0 aromatic carbocycles. The van der Waals surface area contributed by atoms with Gasteiger partial charge in [0.25, 0.3) is 0 Å². The molecule has 0 amide bonds. The van der Waals surface area contributed by atoms with Crippen molar-refractivity contribution in [3.05, 3.63) is 29.6 Å². The highest BCUT2D eigenvalue weighted by Gasteiger charge is 2.48. The number of likely N-dealkylation sites (tertiary alicyclic amines) is 1.